The first-order valence-electron chi connectivity index (χ1n) is 9.52. The van der Waals surface area contributed by atoms with Crippen LogP contribution in [-0.4, -0.2) is 19.1 Å². The second-order valence-corrected chi connectivity index (χ2v) is 7.90. The van der Waals surface area contributed by atoms with E-state index in [4.69, 9.17) is 9.47 Å². The maximum atomic E-state index is 12.4. The second-order valence-electron chi connectivity index (χ2n) is 7.05. The Hall–Kier alpha value is -2.79. The Bertz CT molecular complexity index is 957. The number of hydrogen-bond acceptors (Lipinski definition) is 3. The first kappa shape index (κ1) is 20.9. The third-order valence-corrected chi connectivity index (χ3v) is 4.75. The van der Waals surface area contributed by atoms with E-state index in [9.17, 15) is 4.79 Å². The van der Waals surface area contributed by atoms with Gasteiger partial charge in [0.05, 0.1) is 16.8 Å². The van der Waals surface area contributed by atoms with Crippen molar-refractivity contribution in [2.45, 2.75) is 13.8 Å². The van der Waals surface area contributed by atoms with E-state index in [0.29, 0.717) is 29.7 Å². The normalized spacial score (nSPS) is 10.6. The number of amides is 1. The van der Waals surface area contributed by atoms with Crippen LogP contribution in [0.4, 0.5) is 5.69 Å². The van der Waals surface area contributed by atoms with Crippen LogP contribution < -0.4 is 14.8 Å². The molecule has 0 aliphatic rings. The SMILES string of the molecule is CC(C)COc1ccccc1NC(=O)COc1ccc(-c2ccccc2)cc1Br. The zero-order valence-corrected chi connectivity index (χ0v) is 18.1. The van der Waals surface area contributed by atoms with Gasteiger partial charge in [0.2, 0.25) is 0 Å². The van der Waals surface area contributed by atoms with Gasteiger partial charge in [-0.15, -0.1) is 0 Å². The minimum atomic E-state index is -0.246. The van der Waals surface area contributed by atoms with Crippen LogP contribution in [0, 0.1) is 5.92 Å². The van der Waals surface area contributed by atoms with Gasteiger partial charge in [0, 0.05) is 0 Å². The lowest BCUT2D eigenvalue weighted by Gasteiger charge is -2.14. The highest BCUT2D eigenvalue weighted by atomic mass is 79.9. The van der Waals surface area contributed by atoms with E-state index in [-0.39, 0.29) is 12.5 Å². The quantitative estimate of drug-likeness (QED) is 0.443. The van der Waals surface area contributed by atoms with Gasteiger partial charge in [0.25, 0.3) is 5.91 Å². The molecule has 3 rings (SSSR count). The lowest BCUT2D eigenvalue weighted by molar-refractivity contribution is -0.118. The Morgan fingerprint density at radius 2 is 1.62 bits per heavy atom. The van der Waals surface area contributed by atoms with Crippen molar-refractivity contribution in [3.05, 3.63) is 77.3 Å². The summed E-state index contributed by atoms with van der Waals surface area (Å²) in [6.07, 6.45) is 0. The topological polar surface area (TPSA) is 47.6 Å². The number of hydrogen-bond donors (Lipinski definition) is 1. The third-order valence-electron chi connectivity index (χ3n) is 4.13. The molecule has 3 aromatic rings. The van der Waals surface area contributed by atoms with Gasteiger partial charge in [-0.1, -0.05) is 62.4 Å². The van der Waals surface area contributed by atoms with Crippen molar-refractivity contribution < 1.29 is 14.3 Å². The van der Waals surface area contributed by atoms with Crippen molar-refractivity contribution in [3.8, 4) is 22.6 Å². The first-order valence-corrected chi connectivity index (χ1v) is 10.3. The number of anilines is 1. The van der Waals surface area contributed by atoms with E-state index in [1.54, 1.807) is 0 Å². The molecule has 0 saturated carbocycles. The summed E-state index contributed by atoms with van der Waals surface area (Å²) < 4.78 is 12.3. The second kappa shape index (κ2) is 10.1. The van der Waals surface area contributed by atoms with Crippen molar-refractivity contribution in [3.63, 3.8) is 0 Å². The molecule has 4 nitrogen and oxygen atoms in total. The van der Waals surface area contributed by atoms with Gasteiger partial charge in [-0.3, -0.25) is 4.79 Å². The molecule has 0 spiro atoms. The number of rotatable bonds is 8. The molecule has 0 aliphatic carbocycles. The molecular formula is C24H24BrNO3. The average molecular weight is 454 g/mol. The van der Waals surface area contributed by atoms with E-state index in [1.807, 2.05) is 60.7 Å². The molecule has 1 N–H and O–H groups in total. The monoisotopic (exact) mass is 453 g/mol. The molecule has 150 valence electrons. The largest absolute Gasteiger partial charge is 0.491 e. The van der Waals surface area contributed by atoms with E-state index < -0.39 is 0 Å². The van der Waals surface area contributed by atoms with Crippen LogP contribution in [0.15, 0.2) is 77.3 Å². The van der Waals surface area contributed by atoms with Gasteiger partial charge in [-0.05, 0) is 57.2 Å². The summed E-state index contributed by atoms with van der Waals surface area (Å²) in [6, 6.07) is 23.3. The fourth-order valence-electron chi connectivity index (χ4n) is 2.71. The molecule has 0 aromatic heterocycles. The summed E-state index contributed by atoms with van der Waals surface area (Å²) >= 11 is 3.53. The summed E-state index contributed by atoms with van der Waals surface area (Å²) in [5.74, 6) is 1.43. The Morgan fingerprint density at radius 3 is 2.34 bits per heavy atom. The van der Waals surface area contributed by atoms with E-state index in [0.717, 1.165) is 15.6 Å². The predicted molar refractivity (Wildman–Crippen MR) is 120 cm³/mol. The molecule has 0 unspecified atom stereocenters. The molecule has 0 bridgehead atoms. The minimum Gasteiger partial charge on any atom is -0.491 e. The molecule has 0 aliphatic heterocycles. The summed E-state index contributed by atoms with van der Waals surface area (Å²) in [6.45, 7) is 4.65. The smallest absolute Gasteiger partial charge is 0.262 e. The lowest BCUT2D eigenvalue weighted by Crippen LogP contribution is -2.21. The number of halogens is 1. The van der Waals surface area contributed by atoms with Crippen molar-refractivity contribution in [1.29, 1.82) is 0 Å². The zero-order valence-electron chi connectivity index (χ0n) is 16.5. The molecule has 29 heavy (non-hydrogen) atoms. The van der Waals surface area contributed by atoms with Crippen molar-refractivity contribution in [1.82, 2.24) is 0 Å². The number of benzene rings is 3. The third kappa shape index (κ3) is 6.09. The summed E-state index contributed by atoms with van der Waals surface area (Å²) in [7, 11) is 0. The number of carbonyl (C=O) groups excluding carboxylic acids is 1. The molecule has 0 heterocycles. The molecule has 0 radical (unpaired) electrons. The molecule has 1 amide bonds. The van der Waals surface area contributed by atoms with Gasteiger partial charge in [-0.2, -0.15) is 0 Å². The van der Waals surface area contributed by atoms with Crippen LogP contribution in [0.3, 0.4) is 0 Å². The molecule has 0 fully saturated rings. The summed E-state index contributed by atoms with van der Waals surface area (Å²) in [4.78, 5) is 12.4. The van der Waals surface area contributed by atoms with Crippen molar-refractivity contribution in [2.24, 2.45) is 5.92 Å². The Morgan fingerprint density at radius 1 is 0.897 bits per heavy atom. The fourth-order valence-corrected chi connectivity index (χ4v) is 3.20. The fraction of sp³-hybridized carbons (Fsp3) is 0.208. The standard InChI is InChI=1S/C24H24BrNO3/c1-17(2)15-28-23-11-7-6-10-21(23)26-24(27)16-29-22-13-12-19(14-20(22)25)18-8-4-3-5-9-18/h3-14,17H,15-16H2,1-2H3,(H,26,27). The van der Waals surface area contributed by atoms with E-state index >= 15 is 0 Å². The number of para-hydroxylation sites is 2. The van der Waals surface area contributed by atoms with Gasteiger partial charge in [-0.25, -0.2) is 0 Å². The Balaban J connectivity index is 1.60. The molecule has 0 saturated heterocycles. The number of ether oxygens (including phenoxy) is 2. The molecule has 3 aromatic carbocycles. The number of carbonyl (C=O) groups is 1. The van der Waals surface area contributed by atoms with Gasteiger partial charge in [0.15, 0.2) is 6.61 Å². The zero-order chi connectivity index (χ0) is 20.6. The van der Waals surface area contributed by atoms with Gasteiger partial charge in [0.1, 0.15) is 11.5 Å². The van der Waals surface area contributed by atoms with Crippen LogP contribution in [0.5, 0.6) is 11.5 Å². The summed E-state index contributed by atoms with van der Waals surface area (Å²) in [5, 5.41) is 2.86. The van der Waals surface area contributed by atoms with Crippen molar-refractivity contribution in [2.75, 3.05) is 18.5 Å². The maximum Gasteiger partial charge on any atom is 0.262 e. The highest BCUT2D eigenvalue weighted by Crippen LogP contribution is 2.31. The minimum absolute atomic E-state index is 0.0954. The summed E-state index contributed by atoms with van der Waals surface area (Å²) in [5.41, 5.74) is 2.83. The highest BCUT2D eigenvalue weighted by Gasteiger charge is 2.11. The van der Waals surface area contributed by atoms with Gasteiger partial charge >= 0.3 is 0 Å². The number of nitrogens with one attached hydrogen (secondary N) is 1. The van der Waals surface area contributed by atoms with E-state index in [2.05, 4.69) is 47.2 Å². The first-order chi connectivity index (χ1) is 14.0. The molecule has 5 heteroatoms. The lowest BCUT2D eigenvalue weighted by atomic mass is 10.1. The van der Waals surface area contributed by atoms with E-state index in [1.165, 1.54) is 0 Å². The maximum absolute atomic E-state index is 12.4. The van der Waals surface area contributed by atoms with Gasteiger partial charge < -0.3 is 14.8 Å². The van der Waals surface area contributed by atoms with Crippen LogP contribution >= 0.6 is 15.9 Å². The Kier molecular flexibility index (Phi) is 7.30. The highest BCUT2D eigenvalue weighted by molar-refractivity contribution is 9.10. The van der Waals surface area contributed by atoms with Crippen LogP contribution in [0.25, 0.3) is 11.1 Å². The average Bonchev–Trinajstić information content (AvgIpc) is 2.73. The van der Waals surface area contributed by atoms with Crippen molar-refractivity contribution >= 4 is 27.5 Å². The Labute approximate surface area is 180 Å². The predicted octanol–water partition coefficient (Wildman–Crippen LogP) is 6.17. The molecule has 0 atom stereocenters. The van der Waals surface area contributed by atoms with Crippen LogP contribution in [0.2, 0.25) is 0 Å². The van der Waals surface area contributed by atoms with Crippen LogP contribution in [-0.2, 0) is 4.79 Å². The molecular weight excluding hydrogens is 430 g/mol. The van der Waals surface area contributed by atoms with Crippen LogP contribution in [0.1, 0.15) is 13.8 Å².